The van der Waals surface area contributed by atoms with Crippen LogP contribution in [0.5, 0.6) is 0 Å². The van der Waals surface area contributed by atoms with Gasteiger partial charge in [0.05, 0.1) is 11.0 Å². The van der Waals surface area contributed by atoms with Crippen molar-refractivity contribution in [1.82, 2.24) is 15.6 Å². The maximum Gasteiger partial charge on any atom is 0.191 e. The van der Waals surface area contributed by atoms with Crippen molar-refractivity contribution in [3.8, 4) is 0 Å². The first-order valence-electron chi connectivity index (χ1n) is 8.67. The third-order valence-corrected chi connectivity index (χ3v) is 4.82. The standard InChI is InChI=1S/C19H28N4S/c1-5-16-7-9-17(10-8-16)15(4)23-19(20-6-2)21-12-11-18-22-13-14(3)24-18/h7-10,13,15H,5-6,11-12H2,1-4H3,(H2,20,21,23). The second-order valence-corrected chi connectivity index (χ2v) is 7.16. The highest BCUT2D eigenvalue weighted by Crippen LogP contribution is 2.14. The second kappa shape index (κ2) is 9.42. The molecule has 1 aromatic carbocycles. The summed E-state index contributed by atoms with van der Waals surface area (Å²) in [6.45, 7) is 10.1. The van der Waals surface area contributed by atoms with E-state index in [0.29, 0.717) is 0 Å². The van der Waals surface area contributed by atoms with Gasteiger partial charge in [-0.25, -0.2) is 4.98 Å². The third-order valence-electron chi connectivity index (χ3n) is 3.85. The van der Waals surface area contributed by atoms with Gasteiger partial charge in [-0.15, -0.1) is 11.3 Å². The van der Waals surface area contributed by atoms with Crippen molar-refractivity contribution in [2.24, 2.45) is 4.99 Å². The Bertz CT molecular complexity index is 646. The van der Waals surface area contributed by atoms with Gasteiger partial charge in [-0.2, -0.15) is 0 Å². The van der Waals surface area contributed by atoms with Gasteiger partial charge in [0.1, 0.15) is 0 Å². The van der Waals surface area contributed by atoms with E-state index in [9.17, 15) is 0 Å². The number of nitrogens with zero attached hydrogens (tertiary/aromatic N) is 2. The van der Waals surface area contributed by atoms with Crippen LogP contribution >= 0.6 is 11.3 Å². The number of hydrogen-bond donors (Lipinski definition) is 2. The van der Waals surface area contributed by atoms with Gasteiger partial charge in [-0.1, -0.05) is 31.2 Å². The minimum atomic E-state index is 0.218. The molecule has 1 aromatic heterocycles. The van der Waals surface area contributed by atoms with E-state index in [1.807, 2.05) is 6.20 Å². The number of thiazole rings is 1. The number of aromatic nitrogens is 1. The SMILES string of the molecule is CCNC(=NCCc1ncc(C)s1)NC(C)c1ccc(CC)cc1. The summed E-state index contributed by atoms with van der Waals surface area (Å²) in [7, 11) is 0. The molecule has 130 valence electrons. The molecule has 0 radical (unpaired) electrons. The van der Waals surface area contributed by atoms with E-state index in [1.54, 1.807) is 11.3 Å². The molecule has 0 aliphatic carbocycles. The molecule has 0 aliphatic heterocycles. The van der Waals surface area contributed by atoms with E-state index >= 15 is 0 Å². The normalized spacial score (nSPS) is 12.9. The maximum absolute atomic E-state index is 4.68. The lowest BCUT2D eigenvalue weighted by atomic mass is 10.1. The average Bonchev–Trinajstić information content (AvgIpc) is 3.00. The van der Waals surface area contributed by atoms with Crippen LogP contribution < -0.4 is 10.6 Å². The van der Waals surface area contributed by atoms with E-state index < -0.39 is 0 Å². The molecule has 0 aliphatic rings. The maximum atomic E-state index is 4.68. The van der Waals surface area contributed by atoms with Crippen LogP contribution in [0.25, 0.3) is 0 Å². The lowest BCUT2D eigenvalue weighted by Gasteiger charge is -2.18. The summed E-state index contributed by atoms with van der Waals surface area (Å²) in [6, 6.07) is 9.00. The first-order valence-corrected chi connectivity index (χ1v) is 9.49. The Morgan fingerprint density at radius 3 is 2.58 bits per heavy atom. The Balaban J connectivity index is 1.94. The van der Waals surface area contributed by atoms with Gasteiger partial charge < -0.3 is 10.6 Å². The molecule has 0 saturated heterocycles. The first-order chi connectivity index (χ1) is 11.6. The molecule has 0 saturated carbocycles. The fourth-order valence-corrected chi connectivity index (χ4v) is 3.21. The largest absolute Gasteiger partial charge is 0.357 e. The zero-order chi connectivity index (χ0) is 17.4. The zero-order valence-corrected chi connectivity index (χ0v) is 15.9. The topological polar surface area (TPSA) is 49.3 Å². The molecule has 4 nitrogen and oxygen atoms in total. The van der Waals surface area contributed by atoms with E-state index in [4.69, 9.17) is 0 Å². The van der Waals surface area contributed by atoms with Gasteiger partial charge in [0.2, 0.25) is 0 Å². The molecule has 24 heavy (non-hydrogen) atoms. The minimum Gasteiger partial charge on any atom is -0.357 e. The monoisotopic (exact) mass is 344 g/mol. The number of aliphatic imine (C=N–C) groups is 1. The van der Waals surface area contributed by atoms with Crippen molar-refractivity contribution in [3.63, 3.8) is 0 Å². The summed E-state index contributed by atoms with van der Waals surface area (Å²) in [4.78, 5) is 10.3. The lowest BCUT2D eigenvalue weighted by molar-refractivity contribution is 0.685. The number of benzene rings is 1. The molecule has 2 rings (SSSR count). The smallest absolute Gasteiger partial charge is 0.191 e. The Hall–Kier alpha value is -1.88. The Morgan fingerprint density at radius 1 is 1.25 bits per heavy atom. The van der Waals surface area contributed by atoms with Crippen LogP contribution in [0, 0.1) is 6.92 Å². The number of guanidine groups is 1. The summed E-state index contributed by atoms with van der Waals surface area (Å²) in [5, 5.41) is 7.95. The Kier molecular flexibility index (Phi) is 7.25. The summed E-state index contributed by atoms with van der Waals surface area (Å²) in [5.41, 5.74) is 2.64. The van der Waals surface area contributed by atoms with Crippen molar-refractivity contribution in [1.29, 1.82) is 0 Å². The number of aryl methyl sites for hydroxylation is 2. The van der Waals surface area contributed by atoms with Crippen molar-refractivity contribution >= 4 is 17.3 Å². The predicted octanol–water partition coefficient (Wildman–Crippen LogP) is 3.87. The van der Waals surface area contributed by atoms with Crippen LogP contribution in [0.4, 0.5) is 0 Å². The molecule has 2 N–H and O–H groups in total. The first kappa shape index (κ1) is 18.5. The van der Waals surface area contributed by atoms with Gasteiger partial charge in [0.15, 0.2) is 5.96 Å². The van der Waals surface area contributed by atoms with E-state index in [1.165, 1.54) is 16.0 Å². The molecule has 0 spiro atoms. The molecular weight excluding hydrogens is 316 g/mol. The third kappa shape index (κ3) is 5.64. The van der Waals surface area contributed by atoms with E-state index in [2.05, 4.69) is 72.6 Å². The highest BCUT2D eigenvalue weighted by atomic mass is 32.1. The summed E-state index contributed by atoms with van der Waals surface area (Å²) in [6.07, 6.45) is 3.88. The summed E-state index contributed by atoms with van der Waals surface area (Å²) in [5.74, 6) is 0.859. The quantitative estimate of drug-likeness (QED) is 0.592. The Morgan fingerprint density at radius 2 is 2.00 bits per heavy atom. The summed E-state index contributed by atoms with van der Waals surface area (Å²) >= 11 is 1.75. The van der Waals surface area contributed by atoms with Crippen LogP contribution in [0.2, 0.25) is 0 Å². The number of hydrogen-bond acceptors (Lipinski definition) is 3. The van der Waals surface area contributed by atoms with Crippen LogP contribution in [0.1, 0.15) is 47.8 Å². The van der Waals surface area contributed by atoms with Gasteiger partial charge in [-0.05, 0) is 38.3 Å². The lowest BCUT2D eigenvalue weighted by Crippen LogP contribution is -2.38. The highest BCUT2D eigenvalue weighted by molar-refractivity contribution is 7.11. The van der Waals surface area contributed by atoms with E-state index in [-0.39, 0.29) is 6.04 Å². The minimum absolute atomic E-state index is 0.218. The zero-order valence-electron chi connectivity index (χ0n) is 15.1. The second-order valence-electron chi connectivity index (χ2n) is 5.84. The number of rotatable bonds is 7. The van der Waals surface area contributed by atoms with Crippen LogP contribution in [0.15, 0.2) is 35.5 Å². The fraction of sp³-hybridized carbons (Fsp3) is 0.474. The van der Waals surface area contributed by atoms with Crippen LogP contribution in [0.3, 0.4) is 0 Å². The van der Waals surface area contributed by atoms with Gasteiger partial charge in [0, 0.05) is 30.6 Å². The highest BCUT2D eigenvalue weighted by Gasteiger charge is 2.08. The molecule has 2 aromatic rings. The van der Waals surface area contributed by atoms with Crippen molar-refractivity contribution in [2.75, 3.05) is 13.1 Å². The van der Waals surface area contributed by atoms with Gasteiger partial charge in [-0.3, -0.25) is 4.99 Å². The van der Waals surface area contributed by atoms with Crippen LogP contribution in [-0.2, 0) is 12.8 Å². The molecule has 0 amide bonds. The van der Waals surface area contributed by atoms with Gasteiger partial charge in [0.25, 0.3) is 0 Å². The van der Waals surface area contributed by atoms with Crippen molar-refractivity contribution < 1.29 is 0 Å². The molecule has 5 heteroatoms. The molecule has 0 bridgehead atoms. The molecular formula is C19H28N4S. The number of nitrogens with one attached hydrogen (secondary N) is 2. The average molecular weight is 345 g/mol. The van der Waals surface area contributed by atoms with Crippen LogP contribution in [-0.4, -0.2) is 24.0 Å². The van der Waals surface area contributed by atoms with Crippen molar-refractivity contribution in [2.45, 2.75) is 46.6 Å². The Labute approximate surface area is 149 Å². The molecule has 1 unspecified atom stereocenters. The molecule has 1 heterocycles. The predicted molar refractivity (Wildman–Crippen MR) is 104 cm³/mol. The molecule has 1 atom stereocenters. The summed E-state index contributed by atoms with van der Waals surface area (Å²) < 4.78 is 0. The fourth-order valence-electron chi connectivity index (χ4n) is 2.43. The molecule has 0 fully saturated rings. The van der Waals surface area contributed by atoms with Gasteiger partial charge >= 0.3 is 0 Å². The van der Waals surface area contributed by atoms with Crippen molar-refractivity contribution in [3.05, 3.63) is 51.5 Å². The van der Waals surface area contributed by atoms with E-state index in [0.717, 1.165) is 36.9 Å².